The van der Waals surface area contributed by atoms with E-state index in [0.29, 0.717) is 26.1 Å². The molecule has 150 valence electrons. The Morgan fingerprint density at radius 2 is 1.68 bits per heavy atom. The van der Waals surface area contributed by atoms with Crippen molar-refractivity contribution in [2.45, 2.75) is 38.8 Å². The molecule has 0 fully saturated rings. The molecule has 0 aliphatic rings. The monoisotopic (exact) mass is 382 g/mol. The summed E-state index contributed by atoms with van der Waals surface area (Å²) in [4.78, 5) is 27.8. The van der Waals surface area contributed by atoms with Crippen LogP contribution in [0.5, 0.6) is 0 Å². The molecule has 0 saturated heterocycles. The van der Waals surface area contributed by atoms with Crippen molar-refractivity contribution < 1.29 is 14.3 Å². The number of hydrogen-bond donors (Lipinski definition) is 1. The second kappa shape index (κ2) is 11.9. The van der Waals surface area contributed by atoms with Gasteiger partial charge in [0.1, 0.15) is 6.04 Å². The Morgan fingerprint density at radius 1 is 1.04 bits per heavy atom. The first-order chi connectivity index (χ1) is 13.7. The van der Waals surface area contributed by atoms with Gasteiger partial charge in [-0.05, 0) is 24.0 Å². The highest BCUT2D eigenvalue weighted by Crippen LogP contribution is 2.25. The molecule has 0 aromatic heterocycles. The highest BCUT2D eigenvalue weighted by molar-refractivity contribution is 5.88. The van der Waals surface area contributed by atoms with Crippen LogP contribution >= 0.6 is 0 Å². The Morgan fingerprint density at radius 3 is 2.29 bits per heavy atom. The summed E-state index contributed by atoms with van der Waals surface area (Å²) in [6.45, 7) is 3.46. The number of nitrogens with zero attached hydrogens (tertiary/aromatic N) is 1. The van der Waals surface area contributed by atoms with Crippen LogP contribution in [-0.4, -0.2) is 37.0 Å². The van der Waals surface area contributed by atoms with Crippen LogP contribution in [0.3, 0.4) is 0 Å². The molecular weight excluding hydrogens is 352 g/mol. The highest BCUT2D eigenvalue weighted by atomic mass is 16.5. The van der Waals surface area contributed by atoms with Crippen LogP contribution in [0.2, 0.25) is 0 Å². The summed E-state index contributed by atoms with van der Waals surface area (Å²) in [5.74, 6) is -0.185. The quantitative estimate of drug-likeness (QED) is 0.603. The smallest absolute Gasteiger partial charge is 0.247 e. The van der Waals surface area contributed by atoms with Crippen molar-refractivity contribution >= 4 is 11.8 Å². The van der Waals surface area contributed by atoms with E-state index in [-0.39, 0.29) is 11.8 Å². The first kappa shape index (κ1) is 21.6. The van der Waals surface area contributed by atoms with E-state index in [1.54, 1.807) is 12.0 Å². The van der Waals surface area contributed by atoms with Crippen LogP contribution in [0.1, 0.15) is 43.4 Å². The third-order valence-electron chi connectivity index (χ3n) is 4.48. The summed E-state index contributed by atoms with van der Waals surface area (Å²) in [7, 11) is 1.64. The maximum Gasteiger partial charge on any atom is 0.247 e. The molecule has 0 bridgehead atoms. The lowest BCUT2D eigenvalue weighted by molar-refractivity contribution is -0.141. The molecule has 5 heteroatoms. The number of rotatable bonds is 11. The van der Waals surface area contributed by atoms with Gasteiger partial charge in [-0.1, -0.05) is 67.6 Å². The second-order valence-electron chi connectivity index (χ2n) is 6.71. The molecule has 0 unspecified atom stereocenters. The second-order valence-corrected chi connectivity index (χ2v) is 6.71. The van der Waals surface area contributed by atoms with Crippen LogP contribution in [0, 0.1) is 0 Å². The van der Waals surface area contributed by atoms with Crippen molar-refractivity contribution in [2.24, 2.45) is 0 Å². The lowest BCUT2D eigenvalue weighted by Gasteiger charge is -2.31. The van der Waals surface area contributed by atoms with Gasteiger partial charge in [-0.3, -0.25) is 9.59 Å². The topological polar surface area (TPSA) is 58.6 Å². The molecule has 1 atom stereocenters. The number of carbonyl (C=O) groups excluding carboxylic acids is 2. The zero-order valence-electron chi connectivity index (χ0n) is 16.8. The van der Waals surface area contributed by atoms with Gasteiger partial charge in [0.15, 0.2) is 0 Å². The summed E-state index contributed by atoms with van der Waals surface area (Å²) in [6.07, 6.45) is 1.87. The van der Waals surface area contributed by atoms with Crippen molar-refractivity contribution in [3.05, 3.63) is 71.8 Å². The lowest BCUT2D eigenvalue weighted by atomic mass is 10.0. The molecule has 0 heterocycles. The molecule has 2 amide bonds. The van der Waals surface area contributed by atoms with Crippen LogP contribution in [0.4, 0.5) is 0 Å². The minimum absolute atomic E-state index is 0.0211. The highest BCUT2D eigenvalue weighted by Gasteiger charge is 2.30. The third kappa shape index (κ3) is 6.50. The molecule has 0 radical (unpaired) electrons. The predicted molar refractivity (Wildman–Crippen MR) is 111 cm³/mol. The minimum atomic E-state index is -0.664. The number of hydrogen-bond acceptors (Lipinski definition) is 3. The predicted octanol–water partition coefficient (Wildman–Crippen LogP) is 3.71. The van der Waals surface area contributed by atoms with E-state index in [1.165, 1.54) is 0 Å². The lowest BCUT2D eigenvalue weighted by Crippen LogP contribution is -2.43. The van der Waals surface area contributed by atoms with E-state index < -0.39 is 6.04 Å². The van der Waals surface area contributed by atoms with Gasteiger partial charge in [-0.2, -0.15) is 0 Å². The van der Waals surface area contributed by atoms with E-state index in [4.69, 9.17) is 4.74 Å². The molecule has 2 aromatic rings. The Kier molecular flexibility index (Phi) is 9.22. The van der Waals surface area contributed by atoms with Gasteiger partial charge in [-0.15, -0.1) is 0 Å². The Labute approximate surface area is 167 Å². The molecule has 2 rings (SSSR count). The van der Waals surface area contributed by atoms with Gasteiger partial charge in [0, 0.05) is 33.2 Å². The van der Waals surface area contributed by atoms with Gasteiger partial charge < -0.3 is 15.0 Å². The molecule has 2 aromatic carbocycles. The van der Waals surface area contributed by atoms with E-state index in [1.807, 2.05) is 67.6 Å². The standard InChI is InChI=1S/C23H30N2O3/c1-3-11-21(26)25(18-19-12-6-4-7-13-19)22(20-14-8-5-9-15-20)23(27)24-16-10-17-28-2/h4-9,12-15,22H,3,10-11,16-18H2,1-2H3,(H,24,27)/t22-/m0/s1. The average molecular weight is 383 g/mol. The van der Waals surface area contributed by atoms with Gasteiger partial charge in [0.25, 0.3) is 0 Å². The van der Waals surface area contributed by atoms with Gasteiger partial charge >= 0.3 is 0 Å². The average Bonchev–Trinajstić information content (AvgIpc) is 2.72. The zero-order chi connectivity index (χ0) is 20.2. The van der Waals surface area contributed by atoms with Gasteiger partial charge in [-0.25, -0.2) is 0 Å². The fourth-order valence-electron chi connectivity index (χ4n) is 3.09. The van der Waals surface area contributed by atoms with Crippen molar-refractivity contribution in [1.29, 1.82) is 0 Å². The fourth-order valence-corrected chi connectivity index (χ4v) is 3.09. The minimum Gasteiger partial charge on any atom is -0.385 e. The number of amides is 2. The third-order valence-corrected chi connectivity index (χ3v) is 4.48. The number of ether oxygens (including phenoxy) is 1. The maximum atomic E-state index is 13.1. The van der Waals surface area contributed by atoms with Crippen LogP contribution in [-0.2, 0) is 20.9 Å². The zero-order valence-corrected chi connectivity index (χ0v) is 16.8. The summed E-state index contributed by atoms with van der Waals surface area (Å²) in [5, 5.41) is 2.97. The number of nitrogens with one attached hydrogen (secondary N) is 1. The normalized spacial score (nSPS) is 11.6. The van der Waals surface area contributed by atoms with Crippen LogP contribution < -0.4 is 5.32 Å². The van der Waals surface area contributed by atoms with E-state index in [0.717, 1.165) is 24.0 Å². The number of carbonyl (C=O) groups is 2. The number of methoxy groups -OCH3 is 1. The molecule has 28 heavy (non-hydrogen) atoms. The molecule has 0 aliphatic carbocycles. The largest absolute Gasteiger partial charge is 0.385 e. The maximum absolute atomic E-state index is 13.1. The van der Waals surface area contributed by atoms with E-state index in [9.17, 15) is 9.59 Å². The molecule has 0 aliphatic heterocycles. The first-order valence-corrected chi connectivity index (χ1v) is 9.82. The molecule has 0 saturated carbocycles. The van der Waals surface area contributed by atoms with Gasteiger partial charge in [0.05, 0.1) is 0 Å². The van der Waals surface area contributed by atoms with Crippen molar-refractivity contribution in [1.82, 2.24) is 10.2 Å². The first-order valence-electron chi connectivity index (χ1n) is 9.82. The molecule has 5 nitrogen and oxygen atoms in total. The molecular formula is C23H30N2O3. The summed E-state index contributed by atoms with van der Waals surface area (Å²) >= 11 is 0. The SMILES string of the molecule is CCCC(=O)N(Cc1ccccc1)[C@H](C(=O)NCCCOC)c1ccccc1. The van der Waals surface area contributed by atoms with Gasteiger partial charge in [0.2, 0.25) is 11.8 Å². The Balaban J connectivity index is 2.31. The van der Waals surface area contributed by atoms with Crippen molar-refractivity contribution in [3.8, 4) is 0 Å². The van der Waals surface area contributed by atoms with Crippen LogP contribution in [0.15, 0.2) is 60.7 Å². The van der Waals surface area contributed by atoms with Crippen LogP contribution in [0.25, 0.3) is 0 Å². The van der Waals surface area contributed by atoms with Crippen molar-refractivity contribution in [2.75, 3.05) is 20.3 Å². The summed E-state index contributed by atoms with van der Waals surface area (Å²) in [6, 6.07) is 18.6. The Bertz CT molecular complexity index is 719. The van der Waals surface area contributed by atoms with Crippen molar-refractivity contribution in [3.63, 3.8) is 0 Å². The van der Waals surface area contributed by atoms with E-state index >= 15 is 0 Å². The summed E-state index contributed by atoms with van der Waals surface area (Å²) < 4.78 is 5.05. The van der Waals surface area contributed by atoms with E-state index in [2.05, 4.69) is 5.32 Å². The molecule has 1 N–H and O–H groups in total. The number of benzene rings is 2. The Hall–Kier alpha value is -2.66. The molecule has 0 spiro atoms. The fraction of sp³-hybridized carbons (Fsp3) is 0.391. The summed E-state index contributed by atoms with van der Waals surface area (Å²) in [5.41, 5.74) is 1.81.